The van der Waals surface area contributed by atoms with Crippen LogP contribution in [0.4, 0.5) is 4.39 Å². The quantitative estimate of drug-likeness (QED) is 0.716. The van der Waals surface area contributed by atoms with Crippen molar-refractivity contribution in [1.82, 2.24) is 0 Å². The third-order valence-corrected chi connectivity index (χ3v) is 3.41. The molecule has 0 bridgehead atoms. The molecule has 24 heavy (non-hydrogen) atoms. The molecule has 0 aliphatic heterocycles. The molecule has 2 rings (SSSR count). The maximum Gasteiger partial charge on any atom is 0.199 e. The summed E-state index contributed by atoms with van der Waals surface area (Å²) in [5, 5.41) is 0. The van der Waals surface area contributed by atoms with Crippen molar-refractivity contribution in [2.45, 2.75) is 13.8 Å². The molecule has 0 aliphatic carbocycles. The second kappa shape index (κ2) is 7.81. The van der Waals surface area contributed by atoms with Gasteiger partial charge in [-0.05, 0) is 30.2 Å². The van der Waals surface area contributed by atoms with Gasteiger partial charge < -0.3 is 14.2 Å². The number of halogens is 1. The molecule has 0 unspecified atom stereocenters. The second-order valence-electron chi connectivity index (χ2n) is 5.74. The third-order valence-electron chi connectivity index (χ3n) is 3.41. The van der Waals surface area contributed by atoms with Crippen LogP contribution in [0.5, 0.6) is 17.2 Å². The fourth-order valence-electron chi connectivity index (χ4n) is 2.17. The number of carbonyl (C=O) groups excluding carboxylic acids is 1. The first-order chi connectivity index (χ1) is 11.5. The SMILES string of the molecule is COc1cc(F)c(C(=O)c2ccc(OCC(C)C)cc2)c(OC)c1. The van der Waals surface area contributed by atoms with E-state index in [0.717, 1.165) is 6.07 Å². The van der Waals surface area contributed by atoms with Gasteiger partial charge in [0.1, 0.15) is 28.6 Å². The fraction of sp³-hybridized carbons (Fsp3) is 0.316. The van der Waals surface area contributed by atoms with Gasteiger partial charge in [0.15, 0.2) is 5.78 Å². The maximum absolute atomic E-state index is 14.3. The van der Waals surface area contributed by atoms with Crippen LogP contribution in [0.1, 0.15) is 29.8 Å². The minimum atomic E-state index is -0.684. The zero-order valence-electron chi connectivity index (χ0n) is 14.3. The molecule has 0 heterocycles. The number of hydrogen-bond donors (Lipinski definition) is 0. The second-order valence-corrected chi connectivity index (χ2v) is 5.74. The van der Waals surface area contributed by atoms with E-state index in [1.807, 2.05) is 0 Å². The summed E-state index contributed by atoms with van der Waals surface area (Å²) in [5.41, 5.74) is 0.239. The van der Waals surface area contributed by atoms with Gasteiger partial charge in [0.25, 0.3) is 0 Å². The Kier molecular flexibility index (Phi) is 5.79. The van der Waals surface area contributed by atoms with Crippen LogP contribution in [-0.2, 0) is 0 Å². The average molecular weight is 332 g/mol. The van der Waals surface area contributed by atoms with E-state index in [9.17, 15) is 9.18 Å². The largest absolute Gasteiger partial charge is 0.497 e. The number of methoxy groups -OCH3 is 2. The van der Waals surface area contributed by atoms with Crippen LogP contribution >= 0.6 is 0 Å². The first-order valence-corrected chi connectivity index (χ1v) is 7.65. The molecule has 2 aromatic carbocycles. The summed E-state index contributed by atoms with van der Waals surface area (Å²) in [4.78, 5) is 12.6. The Hall–Kier alpha value is -2.56. The Labute approximate surface area is 141 Å². The lowest BCUT2D eigenvalue weighted by atomic mass is 10.0. The van der Waals surface area contributed by atoms with Crippen LogP contribution in [0.15, 0.2) is 36.4 Å². The highest BCUT2D eigenvalue weighted by Crippen LogP contribution is 2.30. The van der Waals surface area contributed by atoms with Crippen LogP contribution in [0.25, 0.3) is 0 Å². The molecule has 0 fully saturated rings. The molecule has 128 valence electrons. The smallest absolute Gasteiger partial charge is 0.199 e. The molecule has 0 aromatic heterocycles. The van der Waals surface area contributed by atoms with Crippen molar-refractivity contribution >= 4 is 5.78 Å². The van der Waals surface area contributed by atoms with Crippen LogP contribution in [0.2, 0.25) is 0 Å². The Balaban J connectivity index is 2.28. The summed E-state index contributed by atoms with van der Waals surface area (Å²) in [7, 11) is 2.80. The molecule has 0 amide bonds. The number of hydrogen-bond acceptors (Lipinski definition) is 4. The molecule has 5 heteroatoms. The van der Waals surface area contributed by atoms with Crippen LogP contribution in [0.3, 0.4) is 0 Å². The van der Waals surface area contributed by atoms with E-state index in [1.165, 1.54) is 20.3 Å². The first kappa shape index (κ1) is 17.8. The zero-order valence-corrected chi connectivity index (χ0v) is 14.3. The molecular formula is C19H21FO4. The lowest BCUT2D eigenvalue weighted by molar-refractivity contribution is 0.103. The number of rotatable bonds is 7. The van der Waals surface area contributed by atoms with Gasteiger partial charge in [-0.15, -0.1) is 0 Å². The Bertz CT molecular complexity index is 708. The number of ketones is 1. The zero-order chi connectivity index (χ0) is 17.7. The summed E-state index contributed by atoms with van der Waals surface area (Å²) in [6.07, 6.45) is 0. The predicted molar refractivity (Wildman–Crippen MR) is 89.7 cm³/mol. The molecule has 0 spiro atoms. The number of carbonyl (C=O) groups is 1. The van der Waals surface area contributed by atoms with Gasteiger partial charge in [-0.1, -0.05) is 13.8 Å². The van der Waals surface area contributed by atoms with Gasteiger partial charge in [0.05, 0.1) is 20.8 Å². The van der Waals surface area contributed by atoms with Gasteiger partial charge in [-0.3, -0.25) is 4.79 Å². The lowest BCUT2D eigenvalue weighted by Crippen LogP contribution is -2.08. The number of ether oxygens (including phenoxy) is 3. The lowest BCUT2D eigenvalue weighted by Gasteiger charge is -2.12. The molecule has 0 aliphatic rings. The molecule has 4 nitrogen and oxygen atoms in total. The van der Waals surface area contributed by atoms with Crippen molar-refractivity contribution in [2.24, 2.45) is 5.92 Å². The van der Waals surface area contributed by atoms with Crippen LogP contribution in [-0.4, -0.2) is 26.6 Å². The van der Waals surface area contributed by atoms with Crippen molar-refractivity contribution in [1.29, 1.82) is 0 Å². The van der Waals surface area contributed by atoms with E-state index >= 15 is 0 Å². The molecule has 0 saturated heterocycles. The Morgan fingerprint density at radius 1 is 1.04 bits per heavy atom. The highest BCUT2D eigenvalue weighted by atomic mass is 19.1. The van der Waals surface area contributed by atoms with E-state index in [1.54, 1.807) is 24.3 Å². The van der Waals surface area contributed by atoms with Crippen LogP contribution < -0.4 is 14.2 Å². The molecule has 0 N–H and O–H groups in total. The minimum Gasteiger partial charge on any atom is -0.497 e. The Morgan fingerprint density at radius 3 is 2.25 bits per heavy atom. The normalized spacial score (nSPS) is 10.6. The van der Waals surface area contributed by atoms with Gasteiger partial charge in [-0.2, -0.15) is 0 Å². The number of benzene rings is 2. The van der Waals surface area contributed by atoms with Crippen molar-refractivity contribution in [3.05, 3.63) is 53.3 Å². The molecule has 2 aromatic rings. The van der Waals surface area contributed by atoms with Crippen molar-refractivity contribution in [3.63, 3.8) is 0 Å². The highest BCUT2D eigenvalue weighted by Gasteiger charge is 2.21. The fourth-order valence-corrected chi connectivity index (χ4v) is 2.17. The highest BCUT2D eigenvalue weighted by molar-refractivity contribution is 6.11. The average Bonchev–Trinajstić information content (AvgIpc) is 2.58. The van der Waals surface area contributed by atoms with E-state index in [4.69, 9.17) is 14.2 Å². The predicted octanol–water partition coefficient (Wildman–Crippen LogP) is 4.11. The first-order valence-electron chi connectivity index (χ1n) is 7.65. The van der Waals surface area contributed by atoms with Gasteiger partial charge in [-0.25, -0.2) is 4.39 Å². The maximum atomic E-state index is 14.3. The van der Waals surface area contributed by atoms with Crippen molar-refractivity contribution < 1.29 is 23.4 Å². The van der Waals surface area contributed by atoms with Crippen LogP contribution in [0, 0.1) is 11.7 Å². The molecular weight excluding hydrogens is 311 g/mol. The molecule has 0 saturated carbocycles. The molecule has 0 atom stereocenters. The van der Waals surface area contributed by atoms with Crippen molar-refractivity contribution in [2.75, 3.05) is 20.8 Å². The summed E-state index contributed by atoms with van der Waals surface area (Å²) in [6.45, 7) is 4.70. The third kappa shape index (κ3) is 4.04. The van der Waals surface area contributed by atoms with Gasteiger partial charge in [0, 0.05) is 17.7 Å². The van der Waals surface area contributed by atoms with E-state index < -0.39 is 11.6 Å². The summed E-state index contributed by atoms with van der Waals surface area (Å²) in [6, 6.07) is 9.27. The summed E-state index contributed by atoms with van der Waals surface area (Å²) >= 11 is 0. The summed E-state index contributed by atoms with van der Waals surface area (Å²) in [5.74, 6) is 0.362. The van der Waals surface area contributed by atoms with E-state index in [2.05, 4.69) is 13.8 Å². The topological polar surface area (TPSA) is 44.8 Å². The monoisotopic (exact) mass is 332 g/mol. The van der Waals surface area contributed by atoms with E-state index in [0.29, 0.717) is 29.6 Å². The Morgan fingerprint density at radius 2 is 1.71 bits per heavy atom. The standard InChI is InChI=1S/C19H21FO4/c1-12(2)11-24-14-7-5-13(6-8-14)19(21)18-16(20)9-15(22-3)10-17(18)23-4/h5-10,12H,11H2,1-4H3. The minimum absolute atomic E-state index is 0.117. The van der Waals surface area contributed by atoms with Gasteiger partial charge in [0.2, 0.25) is 0 Å². The summed E-state index contributed by atoms with van der Waals surface area (Å²) < 4.78 is 30.0. The van der Waals surface area contributed by atoms with Crippen molar-refractivity contribution in [3.8, 4) is 17.2 Å². The van der Waals surface area contributed by atoms with Gasteiger partial charge >= 0.3 is 0 Å². The van der Waals surface area contributed by atoms with E-state index in [-0.39, 0.29) is 11.3 Å². The molecule has 0 radical (unpaired) electrons.